The average Bonchev–Trinajstić information content (AvgIpc) is 2.68. The Bertz CT molecular complexity index is 498. The number of benzene rings is 1. The molecular weight excluding hydrogens is 196 g/mol. The zero-order valence-corrected chi connectivity index (χ0v) is 9.50. The van der Waals surface area contributed by atoms with Crippen LogP contribution >= 0.6 is 0 Å². The van der Waals surface area contributed by atoms with Crippen LogP contribution in [0, 0.1) is 5.92 Å². The lowest BCUT2D eigenvalue weighted by Gasteiger charge is -2.21. The second-order valence-electron chi connectivity index (χ2n) is 4.81. The van der Waals surface area contributed by atoms with Crippen molar-refractivity contribution in [3.05, 3.63) is 35.5 Å². The zero-order chi connectivity index (χ0) is 11.0. The third kappa shape index (κ3) is 1.54. The molecule has 0 aliphatic heterocycles. The minimum absolute atomic E-state index is 0.789. The van der Waals surface area contributed by atoms with Gasteiger partial charge in [-0.05, 0) is 49.8 Å². The summed E-state index contributed by atoms with van der Waals surface area (Å²) in [7, 11) is 0. The number of hydrogen-bond acceptors (Lipinski definition) is 1. The first-order valence-corrected chi connectivity index (χ1v) is 6.17. The van der Waals surface area contributed by atoms with Crippen molar-refractivity contribution in [1.82, 2.24) is 4.98 Å². The second-order valence-corrected chi connectivity index (χ2v) is 4.81. The van der Waals surface area contributed by atoms with Crippen LogP contribution < -0.4 is 5.73 Å². The lowest BCUT2D eigenvalue weighted by atomic mass is 9.84. The zero-order valence-electron chi connectivity index (χ0n) is 9.50. The summed E-state index contributed by atoms with van der Waals surface area (Å²) < 4.78 is 0. The van der Waals surface area contributed by atoms with Crippen molar-refractivity contribution in [2.75, 3.05) is 6.54 Å². The summed E-state index contributed by atoms with van der Waals surface area (Å²) >= 11 is 0. The number of aromatic nitrogens is 1. The summed E-state index contributed by atoms with van der Waals surface area (Å²) in [4.78, 5) is 3.55. The van der Waals surface area contributed by atoms with Crippen LogP contribution in [0.25, 0.3) is 10.9 Å². The molecule has 0 fully saturated rings. The fraction of sp³-hybridized carbons (Fsp3) is 0.429. The predicted octanol–water partition coefficient (Wildman–Crippen LogP) is 2.62. The van der Waals surface area contributed by atoms with Gasteiger partial charge >= 0.3 is 0 Å². The maximum Gasteiger partial charge on any atom is 0.0458 e. The number of aromatic amines is 1. The van der Waals surface area contributed by atoms with E-state index in [0.29, 0.717) is 0 Å². The number of nitrogens with two attached hydrogens (primary N) is 1. The fourth-order valence-corrected chi connectivity index (χ4v) is 2.92. The molecule has 84 valence electrons. The maximum absolute atomic E-state index is 5.66. The molecule has 0 amide bonds. The van der Waals surface area contributed by atoms with Gasteiger partial charge < -0.3 is 10.7 Å². The Morgan fingerprint density at radius 1 is 1.31 bits per heavy atom. The number of hydrogen-bond donors (Lipinski definition) is 2. The molecule has 1 aliphatic rings. The average molecular weight is 214 g/mol. The summed E-state index contributed by atoms with van der Waals surface area (Å²) in [5.41, 5.74) is 9.95. The molecule has 0 saturated carbocycles. The highest BCUT2D eigenvalue weighted by Crippen LogP contribution is 2.32. The summed E-state index contributed by atoms with van der Waals surface area (Å²) in [6.45, 7) is 0.822. The standard InChI is InChI=1S/C14H18N2/c15-8-7-10-5-6-14-12(9-10)11-3-1-2-4-13(11)16-14/h1-4,10,16H,5-9,15H2/t10-/m1/s1. The van der Waals surface area contributed by atoms with E-state index < -0.39 is 0 Å². The number of nitrogens with one attached hydrogen (secondary N) is 1. The number of aryl methyl sites for hydroxylation is 1. The Kier molecular flexibility index (Phi) is 2.44. The van der Waals surface area contributed by atoms with Crippen molar-refractivity contribution < 1.29 is 0 Å². The van der Waals surface area contributed by atoms with E-state index in [2.05, 4.69) is 29.2 Å². The van der Waals surface area contributed by atoms with E-state index in [0.717, 1.165) is 12.5 Å². The Labute approximate surface area is 95.8 Å². The van der Waals surface area contributed by atoms with E-state index in [4.69, 9.17) is 5.73 Å². The van der Waals surface area contributed by atoms with Gasteiger partial charge in [0.2, 0.25) is 0 Å². The van der Waals surface area contributed by atoms with Crippen LogP contribution in [0.1, 0.15) is 24.1 Å². The van der Waals surface area contributed by atoms with Crippen LogP contribution in [0.4, 0.5) is 0 Å². The van der Waals surface area contributed by atoms with Crippen molar-refractivity contribution in [3.8, 4) is 0 Å². The van der Waals surface area contributed by atoms with Crippen molar-refractivity contribution >= 4 is 10.9 Å². The van der Waals surface area contributed by atoms with Gasteiger partial charge in [-0.2, -0.15) is 0 Å². The molecule has 0 unspecified atom stereocenters. The van der Waals surface area contributed by atoms with Gasteiger partial charge in [0, 0.05) is 16.6 Å². The molecule has 2 nitrogen and oxygen atoms in total. The molecule has 0 radical (unpaired) electrons. The van der Waals surface area contributed by atoms with Gasteiger partial charge in [0.15, 0.2) is 0 Å². The van der Waals surface area contributed by atoms with Gasteiger partial charge in [0.1, 0.15) is 0 Å². The highest BCUT2D eigenvalue weighted by molar-refractivity contribution is 5.84. The van der Waals surface area contributed by atoms with E-state index in [1.165, 1.54) is 42.3 Å². The lowest BCUT2D eigenvalue weighted by Crippen LogP contribution is -2.17. The van der Waals surface area contributed by atoms with Crippen LogP contribution in [0.5, 0.6) is 0 Å². The molecule has 3 N–H and O–H groups in total. The molecule has 0 saturated heterocycles. The van der Waals surface area contributed by atoms with Gasteiger partial charge in [-0.25, -0.2) is 0 Å². The summed E-state index contributed by atoms with van der Waals surface area (Å²) in [5, 5.41) is 1.42. The monoisotopic (exact) mass is 214 g/mol. The molecule has 16 heavy (non-hydrogen) atoms. The van der Waals surface area contributed by atoms with Gasteiger partial charge in [0.05, 0.1) is 0 Å². The highest BCUT2D eigenvalue weighted by Gasteiger charge is 2.21. The topological polar surface area (TPSA) is 41.8 Å². The summed E-state index contributed by atoms with van der Waals surface area (Å²) in [6.07, 6.45) is 4.85. The third-order valence-corrected chi connectivity index (χ3v) is 3.77. The molecule has 1 atom stereocenters. The predicted molar refractivity (Wildman–Crippen MR) is 67.5 cm³/mol. The normalized spacial score (nSPS) is 19.9. The summed E-state index contributed by atoms with van der Waals surface area (Å²) in [6, 6.07) is 8.63. The highest BCUT2D eigenvalue weighted by atomic mass is 14.7. The van der Waals surface area contributed by atoms with Gasteiger partial charge in [-0.1, -0.05) is 18.2 Å². The molecular formula is C14H18N2. The molecule has 0 bridgehead atoms. The molecule has 1 aliphatic carbocycles. The van der Waals surface area contributed by atoms with Crippen molar-refractivity contribution in [3.63, 3.8) is 0 Å². The first-order valence-electron chi connectivity index (χ1n) is 6.17. The van der Waals surface area contributed by atoms with E-state index in [9.17, 15) is 0 Å². The largest absolute Gasteiger partial charge is 0.358 e. The van der Waals surface area contributed by atoms with E-state index >= 15 is 0 Å². The number of fused-ring (bicyclic) bond motifs is 3. The number of para-hydroxylation sites is 1. The van der Waals surface area contributed by atoms with E-state index in [1.54, 1.807) is 5.56 Å². The lowest BCUT2D eigenvalue weighted by molar-refractivity contribution is 0.432. The Morgan fingerprint density at radius 2 is 2.19 bits per heavy atom. The number of rotatable bonds is 2. The quantitative estimate of drug-likeness (QED) is 0.792. The van der Waals surface area contributed by atoms with Gasteiger partial charge in [-0.3, -0.25) is 0 Å². The van der Waals surface area contributed by atoms with Crippen molar-refractivity contribution in [2.45, 2.75) is 25.7 Å². The first-order chi connectivity index (χ1) is 7.88. The molecule has 1 heterocycles. The Morgan fingerprint density at radius 3 is 3.06 bits per heavy atom. The van der Waals surface area contributed by atoms with Crippen LogP contribution in [0.15, 0.2) is 24.3 Å². The smallest absolute Gasteiger partial charge is 0.0458 e. The second kappa shape index (κ2) is 3.95. The van der Waals surface area contributed by atoms with Crippen molar-refractivity contribution in [2.24, 2.45) is 11.7 Å². The number of H-pyrrole nitrogens is 1. The van der Waals surface area contributed by atoms with Gasteiger partial charge in [0.25, 0.3) is 0 Å². The summed E-state index contributed by atoms with van der Waals surface area (Å²) in [5.74, 6) is 0.789. The van der Waals surface area contributed by atoms with Crippen LogP contribution in [-0.2, 0) is 12.8 Å². The van der Waals surface area contributed by atoms with Crippen LogP contribution in [0.3, 0.4) is 0 Å². The molecule has 0 spiro atoms. The van der Waals surface area contributed by atoms with E-state index in [-0.39, 0.29) is 0 Å². The van der Waals surface area contributed by atoms with Crippen LogP contribution in [0.2, 0.25) is 0 Å². The minimum atomic E-state index is 0.789. The minimum Gasteiger partial charge on any atom is -0.358 e. The Balaban J connectivity index is 2.01. The van der Waals surface area contributed by atoms with E-state index in [1.807, 2.05) is 0 Å². The maximum atomic E-state index is 5.66. The third-order valence-electron chi connectivity index (χ3n) is 3.77. The molecule has 1 aromatic heterocycles. The molecule has 3 rings (SSSR count). The fourth-order valence-electron chi connectivity index (χ4n) is 2.92. The SMILES string of the molecule is NCC[C@H]1CCc2[nH]c3ccccc3c2C1. The molecule has 2 heteroatoms. The van der Waals surface area contributed by atoms with Crippen molar-refractivity contribution in [1.29, 1.82) is 0 Å². The molecule has 1 aromatic carbocycles. The van der Waals surface area contributed by atoms with Crippen LogP contribution in [-0.4, -0.2) is 11.5 Å². The Hall–Kier alpha value is -1.28. The van der Waals surface area contributed by atoms with Gasteiger partial charge in [-0.15, -0.1) is 0 Å². The first kappa shape index (κ1) is 9.91. The molecule has 2 aromatic rings.